The molecule has 0 bridgehead atoms. The summed E-state index contributed by atoms with van der Waals surface area (Å²) < 4.78 is 10.2. The standard InChI is InChI=1S/C22H16O4/c1-2-21(23)25-19-10-12-20(13-11-19)26-22(24)14-8-16-7-9-17-5-3-4-6-18(17)15-16/h2-15H,1H2. The zero-order valence-electron chi connectivity index (χ0n) is 13.9. The van der Waals surface area contributed by atoms with E-state index >= 15 is 0 Å². The lowest BCUT2D eigenvalue weighted by atomic mass is 10.1. The summed E-state index contributed by atoms with van der Waals surface area (Å²) >= 11 is 0. The first-order valence-electron chi connectivity index (χ1n) is 7.97. The van der Waals surface area contributed by atoms with Crippen molar-refractivity contribution in [2.75, 3.05) is 0 Å². The van der Waals surface area contributed by atoms with Crippen LogP contribution in [0, 0.1) is 0 Å². The van der Waals surface area contributed by atoms with E-state index in [9.17, 15) is 9.59 Å². The summed E-state index contributed by atoms with van der Waals surface area (Å²) in [6.07, 6.45) is 4.15. The molecule has 0 unspecified atom stereocenters. The fourth-order valence-electron chi connectivity index (χ4n) is 2.36. The van der Waals surface area contributed by atoms with Gasteiger partial charge in [0.05, 0.1) is 0 Å². The highest BCUT2D eigenvalue weighted by Gasteiger charge is 2.03. The quantitative estimate of drug-likeness (QED) is 0.387. The number of carbonyl (C=O) groups is 2. The van der Waals surface area contributed by atoms with E-state index in [0.717, 1.165) is 22.4 Å². The normalized spacial score (nSPS) is 10.6. The van der Waals surface area contributed by atoms with Crippen LogP contribution in [0.4, 0.5) is 0 Å². The highest BCUT2D eigenvalue weighted by atomic mass is 16.5. The smallest absolute Gasteiger partial charge is 0.336 e. The molecular formula is C22H16O4. The fraction of sp³-hybridized carbons (Fsp3) is 0. The zero-order valence-corrected chi connectivity index (χ0v) is 13.9. The van der Waals surface area contributed by atoms with E-state index in [1.165, 1.54) is 18.2 Å². The molecular weight excluding hydrogens is 328 g/mol. The van der Waals surface area contributed by atoms with E-state index < -0.39 is 11.9 Å². The third kappa shape index (κ3) is 4.45. The molecule has 4 heteroatoms. The molecule has 0 heterocycles. The van der Waals surface area contributed by atoms with Gasteiger partial charge in [-0.2, -0.15) is 0 Å². The molecule has 0 atom stereocenters. The molecule has 3 rings (SSSR count). The summed E-state index contributed by atoms with van der Waals surface area (Å²) in [5.74, 6) is -0.333. The molecule has 0 fully saturated rings. The van der Waals surface area contributed by atoms with Crippen LogP contribution in [0.2, 0.25) is 0 Å². The summed E-state index contributed by atoms with van der Waals surface area (Å²) in [6.45, 7) is 3.32. The predicted molar refractivity (Wildman–Crippen MR) is 101 cm³/mol. The Morgan fingerprint density at radius 2 is 1.38 bits per heavy atom. The van der Waals surface area contributed by atoms with Crippen LogP contribution < -0.4 is 9.47 Å². The van der Waals surface area contributed by atoms with Crippen LogP contribution in [0.3, 0.4) is 0 Å². The van der Waals surface area contributed by atoms with Gasteiger partial charge in [0.25, 0.3) is 0 Å². The number of carbonyl (C=O) groups excluding carboxylic acids is 2. The lowest BCUT2D eigenvalue weighted by Crippen LogP contribution is -2.05. The van der Waals surface area contributed by atoms with Crippen LogP contribution in [0.25, 0.3) is 16.8 Å². The minimum absolute atomic E-state index is 0.349. The average molecular weight is 344 g/mol. The van der Waals surface area contributed by atoms with Crippen molar-refractivity contribution in [1.29, 1.82) is 0 Å². The zero-order chi connectivity index (χ0) is 18.4. The number of ether oxygens (including phenoxy) is 2. The Morgan fingerprint density at radius 1 is 0.769 bits per heavy atom. The third-order valence-electron chi connectivity index (χ3n) is 3.61. The second-order valence-corrected chi connectivity index (χ2v) is 5.46. The van der Waals surface area contributed by atoms with Crippen molar-refractivity contribution in [2.45, 2.75) is 0 Å². The molecule has 0 N–H and O–H groups in total. The number of esters is 2. The predicted octanol–water partition coefficient (Wildman–Crippen LogP) is 4.55. The van der Waals surface area contributed by atoms with Gasteiger partial charge >= 0.3 is 11.9 Å². The Labute approximate surface area is 151 Å². The van der Waals surface area contributed by atoms with Gasteiger partial charge in [0.2, 0.25) is 0 Å². The Hall–Kier alpha value is -3.66. The Balaban J connectivity index is 1.63. The molecule has 128 valence electrons. The maximum Gasteiger partial charge on any atom is 0.336 e. The van der Waals surface area contributed by atoms with Crippen LogP contribution in [0.15, 0.2) is 85.5 Å². The lowest BCUT2D eigenvalue weighted by Gasteiger charge is -2.04. The topological polar surface area (TPSA) is 52.6 Å². The van der Waals surface area contributed by atoms with Crippen LogP contribution in [0.1, 0.15) is 5.56 Å². The van der Waals surface area contributed by atoms with E-state index in [1.54, 1.807) is 18.2 Å². The van der Waals surface area contributed by atoms with E-state index in [-0.39, 0.29) is 0 Å². The van der Waals surface area contributed by atoms with Crippen LogP contribution in [-0.4, -0.2) is 11.9 Å². The lowest BCUT2D eigenvalue weighted by molar-refractivity contribution is -0.130. The molecule has 0 saturated heterocycles. The van der Waals surface area contributed by atoms with Gasteiger partial charge in [0.15, 0.2) is 0 Å². The molecule has 0 aromatic heterocycles. The van der Waals surface area contributed by atoms with Crippen LogP contribution >= 0.6 is 0 Å². The molecule has 0 radical (unpaired) electrons. The van der Waals surface area contributed by atoms with Gasteiger partial charge in [-0.15, -0.1) is 0 Å². The van der Waals surface area contributed by atoms with Crippen molar-refractivity contribution in [3.63, 3.8) is 0 Å². The summed E-state index contributed by atoms with van der Waals surface area (Å²) in [4.78, 5) is 23.1. The van der Waals surface area contributed by atoms with Gasteiger partial charge < -0.3 is 9.47 Å². The van der Waals surface area contributed by atoms with Crippen molar-refractivity contribution in [1.82, 2.24) is 0 Å². The van der Waals surface area contributed by atoms with E-state index in [1.807, 2.05) is 42.5 Å². The minimum atomic E-state index is -0.548. The Bertz CT molecular complexity index is 984. The van der Waals surface area contributed by atoms with Gasteiger partial charge in [-0.3, -0.25) is 0 Å². The molecule has 4 nitrogen and oxygen atoms in total. The third-order valence-corrected chi connectivity index (χ3v) is 3.61. The first-order chi connectivity index (χ1) is 12.6. The van der Waals surface area contributed by atoms with Gasteiger partial charge in [-0.05, 0) is 52.7 Å². The summed E-state index contributed by atoms with van der Waals surface area (Å²) in [6, 6.07) is 20.1. The maximum absolute atomic E-state index is 12.0. The van der Waals surface area contributed by atoms with E-state index in [4.69, 9.17) is 9.47 Å². The maximum atomic E-state index is 12.0. The fourth-order valence-corrected chi connectivity index (χ4v) is 2.36. The first kappa shape index (κ1) is 17.2. The van der Waals surface area contributed by atoms with Gasteiger partial charge in [-0.25, -0.2) is 9.59 Å². The summed E-state index contributed by atoms with van der Waals surface area (Å²) in [5, 5.41) is 2.25. The number of hydrogen-bond donors (Lipinski definition) is 0. The molecule has 0 saturated carbocycles. The first-order valence-corrected chi connectivity index (χ1v) is 7.97. The minimum Gasteiger partial charge on any atom is -0.423 e. The molecule has 0 aliphatic carbocycles. The molecule has 0 aliphatic heterocycles. The number of hydrogen-bond acceptors (Lipinski definition) is 4. The number of benzene rings is 3. The van der Waals surface area contributed by atoms with Gasteiger partial charge in [-0.1, -0.05) is 43.0 Å². The van der Waals surface area contributed by atoms with Crippen molar-refractivity contribution in [2.24, 2.45) is 0 Å². The van der Waals surface area contributed by atoms with E-state index in [2.05, 4.69) is 6.58 Å². The second kappa shape index (κ2) is 7.94. The molecule has 3 aromatic carbocycles. The second-order valence-electron chi connectivity index (χ2n) is 5.46. The largest absolute Gasteiger partial charge is 0.423 e. The summed E-state index contributed by atoms with van der Waals surface area (Å²) in [7, 11) is 0. The number of fused-ring (bicyclic) bond motifs is 1. The molecule has 3 aromatic rings. The number of rotatable bonds is 5. The molecule has 26 heavy (non-hydrogen) atoms. The van der Waals surface area contributed by atoms with Crippen LogP contribution in [0.5, 0.6) is 11.5 Å². The van der Waals surface area contributed by atoms with Gasteiger partial charge in [0.1, 0.15) is 11.5 Å². The van der Waals surface area contributed by atoms with Gasteiger partial charge in [0, 0.05) is 12.2 Å². The van der Waals surface area contributed by atoms with Crippen molar-refractivity contribution >= 4 is 28.8 Å². The monoisotopic (exact) mass is 344 g/mol. The van der Waals surface area contributed by atoms with Crippen LogP contribution in [-0.2, 0) is 9.59 Å². The highest BCUT2D eigenvalue weighted by molar-refractivity contribution is 5.90. The van der Waals surface area contributed by atoms with Crippen molar-refractivity contribution in [3.05, 3.63) is 91.0 Å². The van der Waals surface area contributed by atoms with Crippen molar-refractivity contribution < 1.29 is 19.1 Å². The highest BCUT2D eigenvalue weighted by Crippen LogP contribution is 2.19. The SMILES string of the molecule is C=CC(=O)Oc1ccc(OC(=O)C=Cc2ccc3ccccc3c2)cc1. The molecule has 0 aliphatic rings. The van der Waals surface area contributed by atoms with E-state index in [0.29, 0.717) is 11.5 Å². The Morgan fingerprint density at radius 3 is 2.04 bits per heavy atom. The van der Waals surface area contributed by atoms with Crippen molar-refractivity contribution in [3.8, 4) is 11.5 Å². The Kier molecular flexibility index (Phi) is 5.25. The average Bonchev–Trinajstić information content (AvgIpc) is 2.67. The molecule has 0 amide bonds. The summed E-state index contributed by atoms with van der Waals surface area (Å²) in [5.41, 5.74) is 0.910. The molecule has 0 spiro atoms.